The molecule has 2 aromatic rings. The van der Waals surface area contributed by atoms with E-state index in [1.54, 1.807) is 0 Å². The van der Waals surface area contributed by atoms with Crippen LogP contribution in [0, 0.1) is 12.7 Å². The summed E-state index contributed by atoms with van der Waals surface area (Å²) in [6, 6.07) is 8.24. The van der Waals surface area contributed by atoms with E-state index in [0.29, 0.717) is 15.6 Å². The first kappa shape index (κ1) is 15.4. The molecule has 1 unspecified atom stereocenters. The van der Waals surface area contributed by atoms with Crippen LogP contribution < -0.4 is 5.32 Å². The maximum absolute atomic E-state index is 13.5. The smallest absolute Gasteiger partial charge is 0.142 e. The van der Waals surface area contributed by atoms with E-state index in [2.05, 4.69) is 5.32 Å². The van der Waals surface area contributed by atoms with Crippen molar-refractivity contribution in [3.05, 3.63) is 62.3 Å². The van der Waals surface area contributed by atoms with Gasteiger partial charge in [-0.1, -0.05) is 40.9 Å². The third kappa shape index (κ3) is 3.38. The fourth-order valence-corrected chi connectivity index (χ4v) is 2.75. The summed E-state index contributed by atoms with van der Waals surface area (Å²) < 4.78 is 13.5. The highest BCUT2D eigenvalue weighted by Crippen LogP contribution is 2.32. The van der Waals surface area contributed by atoms with Crippen molar-refractivity contribution in [1.29, 1.82) is 0 Å². The van der Waals surface area contributed by atoms with Crippen LogP contribution in [0.2, 0.25) is 15.1 Å². The minimum absolute atomic E-state index is 0.0133. The predicted octanol–water partition coefficient (Wildman–Crippen LogP) is 6.27. The zero-order valence-electron chi connectivity index (χ0n) is 11.0. The average molecular weight is 333 g/mol. The highest BCUT2D eigenvalue weighted by molar-refractivity contribution is 6.35. The summed E-state index contributed by atoms with van der Waals surface area (Å²) in [4.78, 5) is 0. The Morgan fingerprint density at radius 2 is 1.70 bits per heavy atom. The number of halogens is 4. The maximum Gasteiger partial charge on any atom is 0.142 e. The molecule has 0 aliphatic heterocycles. The molecule has 0 heterocycles. The molecular weight excluding hydrogens is 320 g/mol. The molecule has 0 aliphatic rings. The molecule has 2 rings (SSSR count). The summed E-state index contributed by atoms with van der Waals surface area (Å²) in [6.45, 7) is 3.84. The highest BCUT2D eigenvalue weighted by atomic mass is 35.5. The van der Waals surface area contributed by atoms with Gasteiger partial charge in [-0.25, -0.2) is 4.39 Å². The van der Waals surface area contributed by atoms with Gasteiger partial charge >= 0.3 is 0 Å². The molecule has 0 bridgehead atoms. The van der Waals surface area contributed by atoms with E-state index in [1.807, 2.05) is 32.0 Å². The summed E-state index contributed by atoms with van der Waals surface area (Å²) >= 11 is 18.0. The molecule has 1 N–H and O–H groups in total. The van der Waals surface area contributed by atoms with Crippen LogP contribution in [0.3, 0.4) is 0 Å². The van der Waals surface area contributed by atoms with E-state index in [9.17, 15) is 4.39 Å². The van der Waals surface area contributed by atoms with Crippen LogP contribution in [-0.4, -0.2) is 0 Å². The molecule has 0 aliphatic carbocycles. The Kier molecular flexibility index (Phi) is 4.79. The average Bonchev–Trinajstić information content (AvgIpc) is 2.37. The molecule has 0 saturated carbocycles. The van der Waals surface area contributed by atoms with Gasteiger partial charge in [0.1, 0.15) is 5.82 Å². The van der Waals surface area contributed by atoms with Crippen molar-refractivity contribution in [3.63, 3.8) is 0 Å². The second-order valence-corrected chi connectivity index (χ2v) is 5.86. The van der Waals surface area contributed by atoms with Crippen LogP contribution in [0.25, 0.3) is 0 Å². The van der Waals surface area contributed by atoms with Crippen LogP contribution in [0.4, 0.5) is 10.1 Å². The van der Waals surface area contributed by atoms with Crippen molar-refractivity contribution in [3.8, 4) is 0 Å². The minimum Gasteiger partial charge on any atom is -0.377 e. The molecule has 0 fully saturated rings. The summed E-state index contributed by atoms with van der Waals surface area (Å²) in [5, 5.41) is 4.26. The van der Waals surface area contributed by atoms with Gasteiger partial charge in [0.05, 0.1) is 21.8 Å². The Morgan fingerprint density at radius 3 is 2.35 bits per heavy atom. The molecular formula is C15H13Cl3FN. The number of nitrogens with one attached hydrogen (secondary N) is 1. The van der Waals surface area contributed by atoms with Gasteiger partial charge in [-0.15, -0.1) is 0 Å². The molecule has 106 valence electrons. The van der Waals surface area contributed by atoms with E-state index in [0.717, 1.165) is 11.3 Å². The zero-order valence-corrected chi connectivity index (χ0v) is 13.2. The summed E-state index contributed by atoms with van der Waals surface area (Å²) in [6.07, 6.45) is 0. The molecule has 1 nitrogen and oxygen atoms in total. The number of hydrogen-bond acceptors (Lipinski definition) is 1. The van der Waals surface area contributed by atoms with Crippen LogP contribution in [0.1, 0.15) is 24.1 Å². The molecule has 0 radical (unpaired) electrons. The molecule has 0 spiro atoms. The van der Waals surface area contributed by atoms with Crippen molar-refractivity contribution in [2.24, 2.45) is 0 Å². The first-order chi connectivity index (χ1) is 9.38. The summed E-state index contributed by atoms with van der Waals surface area (Å²) in [5.41, 5.74) is 2.48. The molecule has 1 atom stereocenters. The van der Waals surface area contributed by atoms with E-state index in [4.69, 9.17) is 34.8 Å². The van der Waals surface area contributed by atoms with Crippen molar-refractivity contribution < 1.29 is 4.39 Å². The van der Waals surface area contributed by atoms with Crippen LogP contribution in [0.15, 0.2) is 30.3 Å². The lowest BCUT2D eigenvalue weighted by atomic mass is 10.1. The van der Waals surface area contributed by atoms with Gasteiger partial charge in [0.25, 0.3) is 0 Å². The van der Waals surface area contributed by atoms with Gasteiger partial charge in [0.15, 0.2) is 0 Å². The third-order valence-electron chi connectivity index (χ3n) is 3.00. The Balaban J connectivity index is 2.28. The van der Waals surface area contributed by atoms with Crippen LogP contribution in [-0.2, 0) is 0 Å². The van der Waals surface area contributed by atoms with Crippen molar-refractivity contribution in [1.82, 2.24) is 0 Å². The SMILES string of the molecule is Cc1ccc(NC(C)c2cc(F)c(Cl)cc2Cl)c(Cl)c1. The lowest BCUT2D eigenvalue weighted by Gasteiger charge is -2.18. The largest absolute Gasteiger partial charge is 0.377 e. The van der Waals surface area contributed by atoms with Gasteiger partial charge in [-0.3, -0.25) is 0 Å². The number of benzene rings is 2. The van der Waals surface area contributed by atoms with Crippen molar-refractivity contribution in [2.75, 3.05) is 5.32 Å². The number of rotatable bonds is 3. The number of aryl methyl sites for hydroxylation is 1. The fourth-order valence-electron chi connectivity index (χ4n) is 1.92. The third-order valence-corrected chi connectivity index (χ3v) is 3.93. The molecule has 5 heteroatoms. The Hall–Kier alpha value is -0.960. The summed E-state index contributed by atoms with van der Waals surface area (Å²) in [7, 11) is 0. The minimum atomic E-state index is -0.491. The number of anilines is 1. The Morgan fingerprint density at radius 1 is 1.00 bits per heavy atom. The van der Waals surface area contributed by atoms with Crippen molar-refractivity contribution >= 4 is 40.5 Å². The Labute approximate surface area is 132 Å². The van der Waals surface area contributed by atoms with E-state index in [1.165, 1.54) is 12.1 Å². The maximum atomic E-state index is 13.5. The first-order valence-electron chi connectivity index (χ1n) is 6.05. The molecule has 0 amide bonds. The molecule has 20 heavy (non-hydrogen) atoms. The van der Waals surface area contributed by atoms with E-state index >= 15 is 0 Å². The van der Waals surface area contributed by atoms with Crippen molar-refractivity contribution in [2.45, 2.75) is 19.9 Å². The second-order valence-electron chi connectivity index (χ2n) is 4.64. The quantitative estimate of drug-likeness (QED) is 0.653. The van der Waals surface area contributed by atoms with Gasteiger partial charge in [0.2, 0.25) is 0 Å². The van der Waals surface area contributed by atoms with Gasteiger partial charge < -0.3 is 5.32 Å². The Bertz CT molecular complexity index is 643. The molecule has 0 saturated heterocycles. The predicted molar refractivity (Wildman–Crippen MR) is 84.6 cm³/mol. The lowest BCUT2D eigenvalue weighted by molar-refractivity contribution is 0.624. The van der Waals surface area contributed by atoms with Gasteiger partial charge in [-0.2, -0.15) is 0 Å². The first-order valence-corrected chi connectivity index (χ1v) is 7.19. The fraction of sp³-hybridized carbons (Fsp3) is 0.200. The zero-order chi connectivity index (χ0) is 14.9. The molecule has 0 aromatic heterocycles. The van der Waals surface area contributed by atoms with E-state index < -0.39 is 5.82 Å². The topological polar surface area (TPSA) is 12.0 Å². The lowest BCUT2D eigenvalue weighted by Crippen LogP contribution is -2.08. The normalized spacial score (nSPS) is 12.3. The highest BCUT2D eigenvalue weighted by Gasteiger charge is 2.14. The van der Waals surface area contributed by atoms with E-state index in [-0.39, 0.29) is 11.1 Å². The van der Waals surface area contributed by atoms with Crippen LogP contribution in [0.5, 0.6) is 0 Å². The second kappa shape index (κ2) is 6.21. The number of hydrogen-bond donors (Lipinski definition) is 1. The van der Waals surface area contributed by atoms with Gasteiger partial charge in [0, 0.05) is 5.02 Å². The molecule has 2 aromatic carbocycles. The summed E-state index contributed by atoms with van der Waals surface area (Å²) in [5.74, 6) is -0.491. The van der Waals surface area contributed by atoms with Crippen LogP contribution >= 0.6 is 34.8 Å². The monoisotopic (exact) mass is 331 g/mol. The standard InChI is InChI=1S/C15H13Cl3FN/c1-8-3-4-15(13(18)5-8)20-9(2)10-6-14(19)12(17)7-11(10)16/h3-7,9,20H,1-2H3. The van der Waals surface area contributed by atoms with Gasteiger partial charge in [-0.05, 0) is 49.2 Å².